The van der Waals surface area contributed by atoms with Crippen LogP contribution in [-0.4, -0.2) is 19.0 Å². The largest absolute Gasteiger partial charge is 0.369 e. The van der Waals surface area contributed by atoms with E-state index in [4.69, 9.17) is 34.8 Å². The molecular formula is C25H30Cl3FN2O. The molecule has 1 fully saturated rings. The first kappa shape index (κ1) is 25.1. The van der Waals surface area contributed by atoms with Crippen molar-refractivity contribution in [3.8, 4) is 0 Å². The maximum absolute atomic E-state index is 13.4. The highest BCUT2D eigenvalue weighted by Crippen LogP contribution is 2.38. The van der Waals surface area contributed by atoms with E-state index >= 15 is 0 Å². The summed E-state index contributed by atoms with van der Waals surface area (Å²) in [7, 11) is 0. The van der Waals surface area contributed by atoms with Gasteiger partial charge in [-0.1, -0.05) is 55.6 Å². The number of amides is 1. The number of nitrogens with one attached hydrogen (secondary N) is 1. The Morgan fingerprint density at radius 3 is 2.44 bits per heavy atom. The van der Waals surface area contributed by atoms with Gasteiger partial charge in [0.25, 0.3) is 0 Å². The third kappa shape index (κ3) is 5.89. The first-order chi connectivity index (χ1) is 15.2. The fourth-order valence-corrected chi connectivity index (χ4v) is 5.55. The zero-order chi connectivity index (χ0) is 23.4. The number of nitrogens with zero attached hydrogens (tertiary/aromatic N) is 1. The molecule has 2 aromatic carbocycles. The molecule has 1 N–H and O–H groups in total. The Hall–Kier alpha value is -1.49. The van der Waals surface area contributed by atoms with Crippen LogP contribution in [0.5, 0.6) is 0 Å². The van der Waals surface area contributed by atoms with Crippen LogP contribution in [0.2, 0.25) is 15.1 Å². The third-order valence-electron chi connectivity index (χ3n) is 6.59. The molecule has 1 aliphatic heterocycles. The number of carbonyl (C=O) groups is 1. The molecule has 3 atom stereocenters. The van der Waals surface area contributed by atoms with Crippen molar-refractivity contribution < 1.29 is 9.18 Å². The van der Waals surface area contributed by atoms with Gasteiger partial charge in [-0.25, -0.2) is 4.39 Å². The lowest BCUT2D eigenvalue weighted by Gasteiger charge is -2.36. The van der Waals surface area contributed by atoms with Gasteiger partial charge in [0, 0.05) is 24.7 Å². The highest BCUT2D eigenvalue weighted by atomic mass is 35.5. The minimum absolute atomic E-state index is 0.000780. The summed E-state index contributed by atoms with van der Waals surface area (Å²) in [5.74, 6) is -0.135. The molecule has 32 heavy (non-hydrogen) atoms. The summed E-state index contributed by atoms with van der Waals surface area (Å²) in [6.45, 7) is 7.94. The lowest BCUT2D eigenvalue weighted by molar-refractivity contribution is -0.121. The number of halogens is 4. The van der Waals surface area contributed by atoms with E-state index in [1.165, 1.54) is 18.2 Å². The second-order valence-corrected chi connectivity index (χ2v) is 9.95. The molecule has 3 nitrogen and oxygen atoms in total. The molecule has 1 heterocycles. The van der Waals surface area contributed by atoms with Crippen molar-refractivity contribution in [2.45, 2.75) is 46.5 Å². The smallest absolute Gasteiger partial charge is 0.227 e. The van der Waals surface area contributed by atoms with E-state index < -0.39 is 5.82 Å². The van der Waals surface area contributed by atoms with E-state index in [2.05, 4.69) is 24.1 Å². The van der Waals surface area contributed by atoms with Crippen LogP contribution in [0.15, 0.2) is 30.3 Å². The van der Waals surface area contributed by atoms with Gasteiger partial charge in [0.15, 0.2) is 0 Å². The highest BCUT2D eigenvalue weighted by Gasteiger charge is 2.31. The van der Waals surface area contributed by atoms with E-state index in [0.29, 0.717) is 21.7 Å². The Kier molecular flexibility index (Phi) is 8.71. The van der Waals surface area contributed by atoms with E-state index in [1.54, 1.807) is 0 Å². The van der Waals surface area contributed by atoms with Crippen LogP contribution in [0.25, 0.3) is 0 Å². The Morgan fingerprint density at radius 1 is 1.12 bits per heavy atom. The summed E-state index contributed by atoms with van der Waals surface area (Å²) in [6.07, 6.45) is 3.70. The van der Waals surface area contributed by atoms with Gasteiger partial charge in [-0.3, -0.25) is 4.79 Å². The van der Waals surface area contributed by atoms with Gasteiger partial charge in [0.2, 0.25) is 5.91 Å². The molecule has 174 valence electrons. The average molecular weight is 500 g/mol. The quantitative estimate of drug-likeness (QED) is 0.454. The summed E-state index contributed by atoms with van der Waals surface area (Å²) in [6, 6.07) is 8.24. The topological polar surface area (TPSA) is 32.3 Å². The van der Waals surface area contributed by atoms with Crippen LogP contribution in [0, 0.1) is 23.6 Å². The van der Waals surface area contributed by atoms with Gasteiger partial charge >= 0.3 is 0 Å². The molecule has 0 saturated carbocycles. The number of aryl methyl sites for hydroxylation is 1. The molecule has 0 spiro atoms. The van der Waals surface area contributed by atoms with Crippen LogP contribution < -0.4 is 10.2 Å². The average Bonchev–Trinajstić information content (AvgIpc) is 2.74. The Morgan fingerprint density at radius 2 is 1.81 bits per heavy atom. The van der Waals surface area contributed by atoms with Gasteiger partial charge in [-0.2, -0.15) is 0 Å². The molecule has 1 aliphatic rings. The molecule has 0 bridgehead atoms. The van der Waals surface area contributed by atoms with Crippen molar-refractivity contribution in [2.24, 2.45) is 17.8 Å². The maximum atomic E-state index is 13.4. The van der Waals surface area contributed by atoms with Crippen molar-refractivity contribution >= 4 is 52.1 Å². The summed E-state index contributed by atoms with van der Waals surface area (Å²) < 4.78 is 13.4. The van der Waals surface area contributed by atoms with Crippen molar-refractivity contribution in [1.29, 1.82) is 0 Å². The fourth-order valence-electron chi connectivity index (χ4n) is 4.60. The normalized spacial score (nSPS) is 20.4. The van der Waals surface area contributed by atoms with Gasteiger partial charge < -0.3 is 10.2 Å². The minimum atomic E-state index is -0.500. The van der Waals surface area contributed by atoms with Crippen LogP contribution in [-0.2, 0) is 11.2 Å². The summed E-state index contributed by atoms with van der Waals surface area (Å²) >= 11 is 19.0. The van der Waals surface area contributed by atoms with Crippen molar-refractivity contribution in [3.05, 3.63) is 56.8 Å². The van der Waals surface area contributed by atoms with E-state index in [-0.39, 0.29) is 22.8 Å². The summed E-state index contributed by atoms with van der Waals surface area (Å²) in [5, 5.41) is 4.29. The lowest BCUT2D eigenvalue weighted by atomic mass is 9.77. The van der Waals surface area contributed by atoms with E-state index in [1.807, 2.05) is 19.1 Å². The number of benzene rings is 2. The maximum Gasteiger partial charge on any atom is 0.227 e. The molecule has 1 amide bonds. The number of carbonyl (C=O) groups excluding carboxylic acids is 1. The van der Waals surface area contributed by atoms with Crippen LogP contribution >= 0.6 is 34.8 Å². The fraction of sp³-hybridized carbons (Fsp3) is 0.480. The van der Waals surface area contributed by atoms with Gasteiger partial charge in [-0.15, -0.1) is 0 Å². The molecule has 7 heteroatoms. The lowest BCUT2D eigenvalue weighted by Crippen LogP contribution is -2.36. The van der Waals surface area contributed by atoms with Crippen molar-refractivity contribution in [1.82, 2.24) is 0 Å². The molecular weight excluding hydrogens is 470 g/mol. The molecule has 3 unspecified atom stereocenters. The summed E-state index contributed by atoms with van der Waals surface area (Å²) in [5.41, 5.74) is 2.56. The minimum Gasteiger partial charge on any atom is -0.369 e. The molecule has 1 saturated heterocycles. The van der Waals surface area contributed by atoms with Gasteiger partial charge in [0.05, 0.1) is 20.8 Å². The highest BCUT2D eigenvalue weighted by molar-refractivity contribution is 6.39. The second-order valence-electron chi connectivity index (χ2n) is 8.73. The second kappa shape index (κ2) is 11.1. The standard InChI is InChI=1S/C25H30Cl3FN2O/c1-4-17-12-21(27)24(22(28)13-17)31-10-5-6-19(15(2)9-11-31)16(3)25(32)30-18-7-8-23(29)20(26)14-18/h7-8,12-16,19H,4-6,9-11H2,1-3H3,(H,30,32). The van der Waals surface area contributed by atoms with E-state index in [9.17, 15) is 9.18 Å². The zero-order valence-electron chi connectivity index (χ0n) is 18.7. The molecule has 2 aromatic rings. The van der Waals surface area contributed by atoms with Crippen LogP contribution in [0.4, 0.5) is 15.8 Å². The third-order valence-corrected chi connectivity index (χ3v) is 7.46. The SMILES string of the molecule is CCc1cc(Cl)c(N2CCCC(C(C)C(=O)Nc3ccc(F)c(Cl)c3)C(C)CC2)c(Cl)c1. The zero-order valence-corrected chi connectivity index (χ0v) is 21.0. The Bertz CT molecular complexity index is 945. The predicted molar refractivity (Wildman–Crippen MR) is 134 cm³/mol. The number of anilines is 2. The van der Waals surface area contributed by atoms with Crippen LogP contribution in [0.3, 0.4) is 0 Å². The van der Waals surface area contributed by atoms with Crippen LogP contribution in [0.1, 0.15) is 45.6 Å². The molecule has 0 radical (unpaired) electrons. The van der Waals surface area contributed by atoms with Gasteiger partial charge in [-0.05, 0) is 73.4 Å². The Labute approximate surface area is 205 Å². The molecule has 0 aromatic heterocycles. The molecule has 0 aliphatic carbocycles. The van der Waals surface area contributed by atoms with Crippen molar-refractivity contribution in [2.75, 3.05) is 23.3 Å². The molecule has 3 rings (SSSR count). The number of rotatable bonds is 5. The summed E-state index contributed by atoms with van der Waals surface area (Å²) in [4.78, 5) is 15.2. The number of hydrogen-bond acceptors (Lipinski definition) is 2. The van der Waals surface area contributed by atoms with Crippen molar-refractivity contribution in [3.63, 3.8) is 0 Å². The predicted octanol–water partition coefficient (Wildman–Crippen LogP) is 7.87. The van der Waals surface area contributed by atoms with E-state index in [0.717, 1.165) is 50.0 Å². The monoisotopic (exact) mass is 498 g/mol. The first-order valence-electron chi connectivity index (χ1n) is 11.2. The van der Waals surface area contributed by atoms with Gasteiger partial charge in [0.1, 0.15) is 5.82 Å². The first-order valence-corrected chi connectivity index (χ1v) is 12.3. The Balaban J connectivity index is 1.66. The number of hydrogen-bond donors (Lipinski definition) is 1.